The molecule has 0 radical (unpaired) electrons. The van der Waals surface area contributed by atoms with Crippen LogP contribution in [0.15, 0.2) is 42.6 Å². The lowest BCUT2D eigenvalue weighted by Crippen LogP contribution is -2.41. The van der Waals surface area contributed by atoms with Crippen molar-refractivity contribution in [2.45, 2.75) is 65.2 Å². The van der Waals surface area contributed by atoms with Gasteiger partial charge in [0.25, 0.3) is 0 Å². The van der Waals surface area contributed by atoms with Crippen LogP contribution in [0.1, 0.15) is 66.8 Å². The molecule has 6 nitrogen and oxygen atoms in total. The minimum absolute atomic E-state index is 0.0101. The zero-order valence-corrected chi connectivity index (χ0v) is 24.8. The maximum atomic E-state index is 13.5. The fourth-order valence-corrected chi connectivity index (χ4v) is 7.05. The third kappa shape index (κ3) is 5.29. The van der Waals surface area contributed by atoms with Crippen molar-refractivity contribution in [1.29, 1.82) is 0 Å². The van der Waals surface area contributed by atoms with Crippen LogP contribution >= 0.6 is 11.3 Å². The van der Waals surface area contributed by atoms with Gasteiger partial charge < -0.3 is 19.8 Å². The summed E-state index contributed by atoms with van der Waals surface area (Å²) in [5.74, 6) is -0.162. The average molecular weight is 545 g/mol. The Labute approximate surface area is 235 Å². The zero-order chi connectivity index (χ0) is 27.9. The highest BCUT2D eigenvalue weighted by molar-refractivity contribution is 7.19. The summed E-state index contributed by atoms with van der Waals surface area (Å²) in [5.41, 5.74) is 6.02. The number of amides is 2. The molecular weight excluding hydrogens is 504 g/mol. The van der Waals surface area contributed by atoms with Crippen molar-refractivity contribution in [3.05, 3.63) is 69.9 Å². The second-order valence-electron chi connectivity index (χ2n) is 11.6. The van der Waals surface area contributed by atoms with Crippen LogP contribution in [0.5, 0.6) is 0 Å². The van der Waals surface area contributed by atoms with Crippen LogP contribution in [-0.4, -0.2) is 45.9 Å². The Hall–Kier alpha value is -3.32. The SMILES string of the molecule is Cc1cc(C)cc(-c2[nH]c3sc(C(C)(C)C(=O)N4CCCC4)cc3c2[C@H](C)C(=O)NCCc2cccn2C)c1. The summed E-state index contributed by atoms with van der Waals surface area (Å²) in [4.78, 5) is 34.7. The molecule has 0 bridgehead atoms. The van der Waals surface area contributed by atoms with Gasteiger partial charge in [0, 0.05) is 55.3 Å². The van der Waals surface area contributed by atoms with Crippen molar-refractivity contribution in [1.82, 2.24) is 19.8 Å². The smallest absolute Gasteiger partial charge is 0.233 e. The van der Waals surface area contributed by atoms with E-state index in [1.807, 2.05) is 45.0 Å². The number of benzene rings is 1. The van der Waals surface area contributed by atoms with Gasteiger partial charge in [0.05, 0.1) is 17.0 Å². The second-order valence-corrected chi connectivity index (χ2v) is 12.7. The molecule has 4 aromatic rings. The second kappa shape index (κ2) is 10.7. The summed E-state index contributed by atoms with van der Waals surface area (Å²) in [6.07, 6.45) is 4.96. The average Bonchev–Trinajstić information content (AvgIpc) is 3.67. The van der Waals surface area contributed by atoms with Gasteiger partial charge in [0.15, 0.2) is 0 Å². The molecule has 3 aromatic heterocycles. The molecule has 1 fully saturated rings. The van der Waals surface area contributed by atoms with E-state index in [0.717, 1.165) is 64.3 Å². The van der Waals surface area contributed by atoms with Gasteiger partial charge in [-0.05, 0) is 88.9 Å². The zero-order valence-electron chi connectivity index (χ0n) is 24.0. The molecule has 1 atom stereocenters. The van der Waals surface area contributed by atoms with E-state index >= 15 is 0 Å². The number of aryl methyl sites for hydroxylation is 3. The first-order valence-corrected chi connectivity index (χ1v) is 14.8. The topological polar surface area (TPSA) is 70.1 Å². The fraction of sp³-hybridized carbons (Fsp3) is 0.438. The van der Waals surface area contributed by atoms with Crippen LogP contribution in [0.4, 0.5) is 0 Å². The van der Waals surface area contributed by atoms with Crippen molar-refractivity contribution in [2.24, 2.45) is 7.05 Å². The molecule has 1 aliphatic heterocycles. The summed E-state index contributed by atoms with van der Waals surface area (Å²) in [7, 11) is 2.02. The van der Waals surface area contributed by atoms with Gasteiger partial charge >= 0.3 is 0 Å². The number of carbonyl (C=O) groups is 2. The monoisotopic (exact) mass is 544 g/mol. The van der Waals surface area contributed by atoms with E-state index < -0.39 is 5.41 Å². The lowest BCUT2D eigenvalue weighted by atomic mass is 9.88. The van der Waals surface area contributed by atoms with Crippen molar-refractivity contribution < 1.29 is 9.59 Å². The van der Waals surface area contributed by atoms with E-state index in [0.29, 0.717) is 6.54 Å². The fourth-order valence-electron chi connectivity index (χ4n) is 5.88. The Bertz CT molecular complexity index is 1500. The molecule has 0 saturated carbocycles. The van der Waals surface area contributed by atoms with Crippen LogP contribution in [-0.2, 0) is 28.5 Å². The standard InChI is InChI=1S/C32H40N4O2S/c1-20-16-21(2)18-23(17-20)28-27(22(3)29(37)33-12-11-24-10-9-13-35(24)6)25-19-26(39-30(25)34-28)32(4,5)31(38)36-14-7-8-15-36/h9-10,13,16-19,22,34H,7-8,11-12,14-15H2,1-6H3,(H,33,37)/t22-/m0/s1. The maximum absolute atomic E-state index is 13.5. The summed E-state index contributed by atoms with van der Waals surface area (Å²) < 4.78 is 2.08. The highest BCUT2D eigenvalue weighted by Gasteiger charge is 2.37. The van der Waals surface area contributed by atoms with Crippen molar-refractivity contribution in [3.63, 3.8) is 0 Å². The first-order chi connectivity index (χ1) is 18.6. The molecular formula is C32H40N4O2S. The predicted octanol–water partition coefficient (Wildman–Crippen LogP) is 6.21. The van der Waals surface area contributed by atoms with Crippen LogP contribution in [0.3, 0.4) is 0 Å². The molecule has 1 aromatic carbocycles. The molecule has 1 saturated heterocycles. The van der Waals surface area contributed by atoms with Crippen LogP contribution < -0.4 is 5.32 Å². The lowest BCUT2D eigenvalue weighted by Gasteiger charge is -2.28. The first-order valence-electron chi connectivity index (χ1n) is 14.0. The third-order valence-corrected chi connectivity index (χ3v) is 9.52. The predicted molar refractivity (Wildman–Crippen MR) is 160 cm³/mol. The van der Waals surface area contributed by atoms with E-state index in [-0.39, 0.29) is 17.7 Å². The van der Waals surface area contributed by atoms with E-state index in [2.05, 4.69) is 59.0 Å². The number of carbonyl (C=O) groups excluding carboxylic acids is 2. The van der Waals surface area contributed by atoms with Gasteiger partial charge in [0.2, 0.25) is 11.8 Å². The largest absolute Gasteiger partial charge is 0.355 e. The Balaban J connectivity index is 1.50. The minimum atomic E-state index is -0.618. The van der Waals surface area contributed by atoms with Gasteiger partial charge in [-0.2, -0.15) is 0 Å². The molecule has 4 heterocycles. The Morgan fingerprint density at radius 3 is 2.44 bits per heavy atom. The number of hydrogen-bond donors (Lipinski definition) is 2. The molecule has 0 spiro atoms. The minimum Gasteiger partial charge on any atom is -0.355 e. The number of nitrogens with one attached hydrogen (secondary N) is 2. The number of nitrogens with zero attached hydrogens (tertiary/aromatic N) is 2. The molecule has 5 rings (SSSR count). The number of likely N-dealkylation sites (tertiary alicyclic amines) is 1. The number of rotatable bonds is 8. The Kier molecular flexibility index (Phi) is 7.47. The molecule has 0 unspecified atom stereocenters. The van der Waals surface area contributed by atoms with Gasteiger partial charge in [0.1, 0.15) is 4.83 Å². The number of thiophene rings is 1. The number of aromatic amines is 1. The summed E-state index contributed by atoms with van der Waals surface area (Å²) in [5, 5.41) is 4.21. The molecule has 39 heavy (non-hydrogen) atoms. The van der Waals surface area contributed by atoms with Gasteiger partial charge in [-0.1, -0.05) is 17.2 Å². The Morgan fingerprint density at radius 1 is 1.10 bits per heavy atom. The van der Waals surface area contributed by atoms with Crippen LogP contribution in [0, 0.1) is 13.8 Å². The molecule has 2 amide bonds. The summed E-state index contributed by atoms with van der Waals surface area (Å²) in [6.45, 7) is 12.5. The van der Waals surface area contributed by atoms with Crippen molar-refractivity contribution in [2.75, 3.05) is 19.6 Å². The van der Waals surface area contributed by atoms with Crippen molar-refractivity contribution >= 4 is 33.4 Å². The van der Waals surface area contributed by atoms with Gasteiger partial charge in [-0.3, -0.25) is 9.59 Å². The summed E-state index contributed by atoms with van der Waals surface area (Å²) >= 11 is 1.64. The maximum Gasteiger partial charge on any atom is 0.233 e. The highest BCUT2D eigenvalue weighted by Crippen LogP contribution is 2.43. The van der Waals surface area contributed by atoms with Crippen LogP contribution in [0.2, 0.25) is 0 Å². The van der Waals surface area contributed by atoms with Crippen molar-refractivity contribution in [3.8, 4) is 11.3 Å². The molecule has 2 N–H and O–H groups in total. The highest BCUT2D eigenvalue weighted by atomic mass is 32.1. The first kappa shape index (κ1) is 27.3. The normalized spacial score (nSPS) is 14.8. The van der Waals surface area contributed by atoms with Crippen LogP contribution in [0.25, 0.3) is 21.5 Å². The lowest BCUT2D eigenvalue weighted by molar-refractivity contribution is -0.135. The molecule has 206 valence electrons. The number of hydrogen-bond acceptors (Lipinski definition) is 3. The van der Waals surface area contributed by atoms with E-state index in [4.69, 9.17) is 0 Å². The quantitative estimate of drug-likeness (QED) is 0.277. The van der Waals surface area contributed by atoms with E-state index in [1.54, 1.807) is 11.3 Å². The number of fused-ring (bicyclic) bond motifs is 1. The van der Waals surface area contributed by atoms with Gasteiger partial charge in [-0.25, -0.2) is 0 Å². The number of aromatic nitrogens is 2. The van der Waals surface area contributed by atoms with Gasteiger partial charge in [-0.15, -0.1) is 11.3 Å². The third-order valence-electron chi connectivity index (χ3n) is 8.14. The number of H-pyrrole nitrogens is 1. The molecule has 0 aliphatic carbocycles. The van der Waals surface area contributed by atoms with E-state index in [1.165, 1.54) is 16.8 Å². The summed E-state index contributed by atoms with van der Waals surface area (Å²) in [6, 6.07) is 12.8. The molecule has 7 heteroatoms. The molecule has 1 aliphatic rings. The Morgan fingerprint density at radius 2 is 1.79 bits per heavy atom. The van der Waals surface area contributed by atoms with E-state index in [9.17, 15) is 9.59 Å².